The fraction of sp³-hybridized carbons (Fsp3) is 0.571. The minimum Gasteiger partial charge on any atom is -0.383 e. The lowest BCUT2D eigenvalue weighted by Crippen LogP contribution is -2.39. The van der Waals surface area contributed by atoms with Crippen molar-refractivity contribution >= 4 is 0 Å². The summed E-state index contributed by atoms with van der Waals surface area (Å²) < 4.78 is 31.4. The van der Waals surface area contributed by atoms with Crippen molar-refractivity contribution in [1.82, 2.24) is 5.32 Å². The first kappa shape index (κ1) is 15.1. The normalized spacial score (nSPS) is 14.8. The Kier molecular flexibility index (Phi) is 5.69. The fourth-order valence-electron chi connectivity index (χ4n) is 1.86. The van der Waals surface area contributed by atoms with Crippen LogP contribution in [0.25, 0.3) is 0 Å². The van der Waals surface area contributed by atoms with Crippen LogP contribution in [0.4, 0.5) is 8.78 Å². The van der Waals surface area contributed by atoms with E-state index < -0.39 is 11.6 Å². The Bertz CT molecular complexity index is 362. The van der Waals surface area contributed by atoms with E-state index in [4.69, 9.17) is 4.74 Å². The van der Waals surface area contributed by atoms with Crippen LogP contribution in [0.5, 0.6) is 0 Å². The maximum absolute atomic E-state index is 13.1. The van der Waals surface area contributed by atoms with Crippen LogP contribution < -0.4 is 5.32 Å². The van der Waals surface area contributed by atoms with Gasteiger partial charge in [0.05, 0.1) is 6.61 Å². The molecule has 0 bridgehead atoms. The smallest absolute Gasteiger partial charge is 0.126 e. The lowest BCUT2D eigenvalue weighted by molar-refractivity contribution is 0.141. The van der Waals surface area contributed by atoms with Crippen molar-refractivity contribution < 1.29 is 13.5 Å². The average Bonchev–Trinajstić information content (AvgIpc) is 2.26. The second-order valence-electron chi connectivity index (χ2n) is 4.90. The fourth-order valence-corrected chi connectivity index (χ4v) is 1.86. The van der Waals surface area contributed by atoms with Crippen LogP contribution in [0.1, 0.15) is 32.4 Å². The van der Waals surface area contributed by atoms with Crippen molar-refractivity contribution in [2.45, 2.75) is 32.9 Å². The van der Waals surface area contributed by atoms with Gasteiger partial charge in [0.15, 0.2) is 0 Å². The van der Waals surface area contributed by atoms with E-state index in [1.54, 1.807) is 7.11 Å². The highest BCUT2D eigenvalue weighted by molar-refractivity contribution is 5.21. The van der Waals surface area contributed by atoms with Gasteiger partial charge in [0.25, 0.3) is 0 Å². The summed E-state index contributed by atoms with van der Waals surface area (Å²) in [4.78, 5) is 0. The molecular weight excluding hydrogens is 236 g/mol. The Balaban J connectivity index is 2.76. The minimum absolute atomic E-state index is 0.127. The molecule has 1 rings (SSSR count). The van der Waals surface area contributed by atoms with Gasteiger partial charge in [-0.25, -0.2) is 8.78 Å². The molecule has 1 aromatic carbocycles. The molecular formula is C14H21F2NO. The molecule has 0 aliphatic rings. The first-order chi connectivity index (χ1) is 8.43. The SMILES string of the molecule is COCC(NC(C)c1cc(F)cc(F)c1)C(C)C. The third-order valence-corrected chi connectivity index (χ3v) is 3.00. The van der Waals surface area contributed by atoms with Gasteiger partial charge >= 0.3 is 0 Å². The van der Waals surface area contributed by atoms with E-state index in [9.17, 15) is 8.78 Å². The molecule has 1 aromatic rings. The summed E-state index contributed by atoms with van der Waals surface area (Å²) in [6.07, 6.45) is 0. The molecule has 0 aliphatic carbocycles. The molecule has 0 radical (unpaired) electrons. The quantitative estimate of drug-likeness (QED) is 0.844. The Morgan fingerprint density at radius 2 is 1.67 bits per heavy atom. The van der Waals surface area contributed by atoms with E-state index >= 15 is 0 Å². The van der Waals surface area contributed by atoms with E-state index in [0.29, 0.717) is 18.1 Å². The molecule has 0 heterocycles. The second kappa shape index (κ2) is 6.81. The summed E-state index contributed by atoms with van der Waals surface area (Å²) in [6, 6.07) is 3.61. The van der Waals surface area contributed by atoms with E-state index in [2.05, 4.69) is 19.2 Å². The Morgan fingerprint density at radius 3 is 2.11 bits per heavy atom. The van der Waals surface area contributed by atoms with E-state index in [1.165, 1.54) is 12.1 Å². The zero-order chi connectivity index (χ0) is 13.7. The number of hydrogen-bond acceptors (Lipinski definition) is 2. The van der Waals surface area contributed by atoms with E-state index in [1.807, 2.05) is 6.92 Å². The molecule has 0 spiro atoms. The summed E-state index contributed by atoms with van der Waals surface area (Å²) in [5.41, 5.74) is 0.606. The molecule has 4 heteroatoms. The Labute approximate surface area is 107 Å². The van der Waals surface area contributed by atoms with Crippen molar-refractivity contribution in [2.75, 3.05) is 13.7 Å². The largest absolute Gasteiger partial charge is 0.383 e. The number of halogens is 2. The van der Waals surface area contributed by atoms with Crippen LogP contribution in [0.3, 0.4) is 0 Å². The highest BCUT2D eigenvalue weighted by atomic mass is 19.1. The Hall–Kier alpha value is -1.00. The van der Waals surface area contributed by atoms with Gasteiger partial charge in [-0.2, -0.15) is 0 Å². The second-order valence-corrected chi connectivity index (χ2v) is 4.90. The topological polar surface area (TPSA) is 21.3 Å². The number of rotatable bonds is 6. The first-order valence-corrected chi connectivity index (χ1v) is 6.15. The van der Waals surface area contributed by atoms with Crippen LogP contribution in [0, 0.1) is 17.6 Å². The van der Waals surface area contributed by atoms with Gasteiger partial charge in [-0.05, 0) is 30.5 Å². The zero-order valence-corrected chi connectivity index (χ0v) is 11.3. The van der Waals surface area contributed by atoms with Crippen molar-refractivity contribution in [2.24, 2.45) is 5.92 Å². The van der Waals surface area contributed by atoms with Gasteiger partial charge in [-0.15, -0.1) is 0 Å². The van der Waals surface area contributed by atoms with Crippen molar-refractivity contribution in [3.8, 4) is 0 Å². The predicted molar refractivity (Wildman–Crippen MR) is 68.4 cm³/mol. The standard InChI is InChI=1S/C14H21F2NO/c1-9(2)14(8-18-4)17-10(3)11-5-12(15)7-13(16)6-11/h5-7,9-10,14,17H,8H2,1-4H3. The molecule has 2 unspecified atom stereocenters. The van der Waals surface area contributed by atoms with Crippen LogP contribution in [-0.2, 0) is 4.74 Å². The Morgan fingerprint density at radius 1 is 1.11 bits per heavy atom. The third-order valence-electron chi connectivity index (χ3n) is 3.00. The number of benzene rings is 1. The van der Waals surface area contributed by atoms with Crippen LogP contribution in [0.2, 0.25) is 0 Å². The molecule has 0 amide bonds. The summed E-state index contributed by atoms with van der Waals surface area (Å²) in [5, 5.41) is 3.33. The van der Waals surface area contributed by atoms with Crippen LogP contribution in [0.15, 0.2) is 18.2 Å². The highest BCUT2D eigenvalue weighted by Crippen LogP contribution is 2.18. The van der Waals surface area contributed by atoms with Crippen molar-refractivity contribution in [1.29, 1.82) is 0 Å². The molecule has 18 heavy (non-hydrogen) atoms. The molecule has 102 valence electrons. The van der Waals surface area contributed by atoms with E-state index in [0.717, 1.165) is 6.07 Å². The molecule has 0 fully saturated rings. The number of methoxy groups -OCH3 is 1. The van der Waals surface area contributed by atoms with Gasteiger partial charge < -0.3 is 10.1 Å². The monoisotopic (exact) mass is 257 g/mol. The first-order valence-electron chi connectivity index (χ1n) is 6.15. The summed E-state index contributed by atoms with van der Waals surface area (Å²) in [6.45, 7) is 6.62. The van der Waals surface area contributed by atoms with Crippen molar-refractivity contribution in [3.63, 3.8) is 0 Å². The van der Waals surface area contributed by atoms with E-state index in [-0.39, 0.29) is 12.1 Å². The van der Waals surface area contributed by atoms with Gasteiger partial charge in [0.1, 0.15) is 11.6 Å². The van der Waals surface area contributed by atoms with Gasteiger partial charge in [-0.3, -0.25) is 0 Å². The number of ether oxygens (including phenoxy) is 1. The molecule has 1 N–H and O–H groups in total. The third kappa shape index (κ3) is 4.35. The maximum atomic E-state index is 13.1. The number of hydrogen-bond donors (Lipinski definition) is 1. The zero-order valence-electron chi connectivity index (χ0n) is 11.3. The summed E-state index contributed by atoms with van der Waals surface area (Å²) in [5.74, 6) is -0.719. The lowest BCUT2D eigenvalue weighted by atomic mass is 10.0. The molecule has 0 aromatic heterocycles. The van der Waals surface area contributed by atoms with Crippen molar-refractivity contribution in [3.05, 3.63) is 35.4 Å². The molecule has 0 saturated carbocycles. The predicted octanol–water partition coefficient (Wildman–Crippen LogP) is 3.29. The van der Waals surface area contributed by atoms with Crippen LogP contribution in [-0.4, -0.2) is 19.8 Å². The summed E-state index contributed by atoms with van der Waals surface area (Å²) in [7, 11) is 1.64. The van der Waals surface area contributed by atoms with Gasteiger partial charge in [0, 0.05) is 25.3 Å². The molecule has 0 saturated heterocycles. The number of nitrogens with one attached hydrogen (secondary N) is 1. The summed E-state index contributed by atoms with van der Waals surface area (Å²) >= 11 is 0. The average molecular weight is 257 g/mol. The minimum atomic E-state index is -0.550. The van der Waals surface area contributed by atoms with Crippen LogP contribution >= 0.6 is 0 Å². The lowest BCUT2D eigenvalue weighted by Gasteiger charge is -2.26. The van der Waals surface area contributed by atoms with Gasteiger partial charge in [0.2, 0.25) is 0 Å². The maximum Gasteiger partial charge on any atom is 0.126 e. The highest BCUT2D eigenvalue weighted by Gasteiger charge is 2.17. The molecule has 0 aliphatic heterocycles. The molecule has 2 nitrogen and oxygen atoms in total. The van der Waals surface area contributed by atoms with Gasteiger partial charge in [-0.1, -0.05) is 13.8 Å². The molecule has 2 atom stereocenters.